The lowest BCUT2D eigenvalue weighted by Crippen LogP contribution is -2.11. The fourth-order valence-corrected chi connectivity index (χ4v) is 3.28. The molecule has 23 heavy (non-hydrogen) atoms. The summed E-state index contributed by atoms with van der Waals surface area (Å²) < 4.78 is 0. The van der Waals surface area contributed by atoms with Crippen molar-refractivity contribution in [1.82, 2.24) is 4.98 Å². The molecule has 0 atom stereocenters. The number of fused-ring (bicyclic) bond motifs is 2. The van der Waals surface area contributed by atoms with Crippen molar-refractivity contribution in [2.24, 2.45) is 0 Å². The van der Waals surface area contributed by atoms with Crippen LogP contribution >= 0.6 is 11.3 Å². The van der Waals surface area contributed by atoms with Gasteiger partial charge in [0.05, 0.1) is 10.6 Å². The highest BCUT2D eigenvalue weighted by atomic mass is 32.1. The van der Waals surface area contributed by atoms with Gasteiger partial charge in [0.2, 0.25) is 0 Å². The molecule has 0 aliphatic heterocycles. The second-order valence-electron chi connectivity index (χ2n) is 5.12. The van der Waals surface area contributed by atoms with Crippen molar-refractivity contribution in [3.8, 4) is 0 Å². The van der Waals surface area contributed by atoms with Crippen molar-refractivity contribution in [2.45, 2.75) is 0 Å². The Labute approximate surface area is 137 Å². The van der Waals surface area contributed by atoms with Gasteiger partial charge in [-0.3, -0.25) is 10.1 Å². The molecule has 2 aromatic carbocycles. The maximum absolute atomic E-state index is 12.4. The minimum absolute atomic E-state index is 0.150. The van der Waals surface area contributed by atoms with E-state index in [4.69, 9.17) is 0 Å². The molecule has 0 saturated carbocycles. The molecular weight excluding hydrogens is 304 g/mol. The molecule has 1 heterocycles. The third kappa shape index (κ3) is 2.73. The molecule has 0 radical (unpaired) electrons. The number of allylic oxidation sites excluding steroid dienone is 2. The van der Waals surface area contributed by atoms with Crippen molar-refractivity contribution < 1.29 is 4.79 Å². The topological polar surface area (TPSA) is 42.0 Å². The lowest BCUT2D eigenvalue weighted by Gasteiger charge is -2.03. The van der Waals surface area contributed by atoms with E-state index in [2.05, 4.69) is 16.0 Å². The van der Waals surface area contributed by atoms with E-state index < -0.39 is 0 Å². The van der Waals surface area contributed by atoms with Gasteiger partial charge in [0.1, 0.15) is 0 Å². The molecule has 4 heteroatoms. The van der Waals surface area contributed by atoms with E-state index in [0.717, 1.165) is 21.3 Å². The van der Waals surface area contributed by atoms with Gasteiger partial charge in [-0.05, 0) is 41.1 Å². The summed E-state index contributed by atoms with van der Waals surface area (Å²) in [6, 6.07) is 13.7. The lowest BCUT2D eigenvalue weighted by molar-refractivity contribution is 0.102. The van der Waals surface area contributed by atoms with Crippen molar-refractivity contribution in [3.05, 3.63) is 76.5 Å². The smallest absolute Gasteiger partial charge is 0.257 e. The summed E-state index contributed by atoms with van der Waals surface area (Å²) in [5, 5.41) is 5.64. The zero-order valence-corrected chi connectivity index (χ0v) is 12.9. The Bertz CT molecular complexity index is 1010. The number of rotatable bonds is 2. The highest BCUT2D eigenvalue weighted by Gasteiger charge is 2.12. The average Bonchev–Trinajstić information content (AvgIpc) is 2.82. The second kappa shape index (κ2) is 5.69. The highest BCUT2D eigenvalue weighted by Crippen LogP contribution is 2.27. The molecule has 4 rings (SSSR count). The Morgan fingerprint density at radius 3 is 2.91 bits per heavy atom. The van der Waals surface area contributed by atoms with E-state index in [0.29, 0.717) is 10.7 Å². The maximum Gasteiger partial charge on any atom is 0.257 e. The number of hydrogen-bond donors (Lipinski definition) is 1. The summed E-state index contributed by atoms with van der Waals surface area (Å²) in [5.74, 6) is -0.150. The number of amides is 1. The number of aromatic nitrogens is 1. The SMILES string of the molecule is O=C(Nc1nc2c(s1)C=C=CC=C2)c1ccc2ccccc2c1. The molecule has 0 unspecified atom stereocenters. The fourth-order valence-electron chi connectivity index (χ4n) is 2.44. The van der Waals surface area contributed by atoms with Crippen molar-refractivity contribution in [2.75, 3.05) is 5.32 Å². The third-order valence-electron chi connectivity index (χ3n) is 3.57. The molecule has 1 amide bonds. The average molecular weight is 316 g/mol. The van der Waals surface area contributed by atoms with Crippen LogP contribution in [-0.4, -0.2) is 10.9 Å². The number of carbonyl (C=O) groups excluding carboxylic acids is 1. The molecular formula is C19H12N2OS. The Hall–Kier alpha value is -2.94. The van der Waals surface area contributed by atoms with E-state index >= 15 is 0 Å². The number of thiazole rings is 1. The summed E-state index contributed by atoms with van der Waals surface area (Å²) >= 11 is 1.44. The summed E-state index contributed by atoms with van der Waals surface area (Å²) in [7, 11) is 0. The number of hydrogen-bond acceptors (Lipinski definition) is 3. The molecule has 1 N–H and O–H groups in total. The molecule has 1 aliphatic carbocycles. The monoisotopic (exact) mass is 316 g/mol. The first-order chi connectivity index (χ1) is 11.3. The highest BCUT2D eigenvalue weighted by molar-refractivity contribution is 7.16. The van der Waals surface area contributed by atoms with Crippen LogP contribution in [0.4, 0.5) is 5.13 Å². The van der Waals surface area contributed by atoms with Gasteiger partial charge >= 0.3 is 0 Å². The maximum atomic E-state index is 12.4. The fraction of sp³-hybridized carbons (Fsp3) is 0. The van der Waals surface area contributed by atoms with Gasteiger partial charge < -0.3 is 0 Å². The first-order valence-electron chi connectivity index (χ1n) is 7.20. The van der Waals surface area contributed by atoms with Crippen LogP contribution < -0.4 is 5.32 Å². The minimum Gasteiger partial charge on any atom is -0.298 e. The molecule has 110 valence electrons. The molecule has 0 saturated heterocycles. The van der Waals surface area contributed by atoms with Crippen molar-refractivity contribution >= 4 is 45.3 Å². The zero-order chi connectivity index (χ0) is 15.6. The van der Waals surface area contributed by atoms with Gasteiger partial charge in [-0.15, -0.1) is 5.73 Å². The van der Waals surface area contributed by atoms with Gasteiger partial charge in [-0.2, -0.15) is 0 Å². The van der Waals surface area contributed by atoms with Gasteiger partial charge in [-0.1, -0.05) is 47.7 Å². The number of carbonyl (C=O) groups is 1. The van der Waals surface area contributed by atoms with E-state index in [-0.39, 0.29) is 5.91 Å². The normalized spacial score (nSPS) is 12.2. The van der Waals surface area contributed by atoms with Crippen LogP contribution in [0.2, 0.25) is 0 Å². The van der Waals surface area contributed by atoms with Crippen LogP contribution in [0.1, 0.15) is 20.9 Å². The largest absolute Gasteiger partial charge is 0.298 e. The van der Waals surface area contributed by atoms with Gasteiger partial charge in [0, 0.05) is 5.56 Å². The first-order valence-corrected chi connectivity index (χ1v) is 8.01. The Kier molecular flexibility index (Phi) is 3.39. The van der Waals surface area contributed by atoms with E-state index in [1.165, 1.54) is 11.3 Å². The van der Waals surface area contributed by atoms with Crippen LogP contribution in [0, 0.1) is 0 Å². The molecule has 0 spiro atoms. The Balaban J connectivity index is 1.62. The van der Waals surface area contributed by atoms with Crippen molar-refractivity contribution in [1.29, 1.82) is 0 Å². The summed E-state index contributed by atoms with van der Waals surface area (Å²) in [6.45, 7) is 0. The first kappa shape index (κ1) is 13.7. The van der Waals surface area contributed by atoms with Crippen LogP contribution in [0.3, 0.4) is 0 Å². The minimum atomic E-state index is -0.150. The van der Waals surface area contributed by atoms with Gasteiger partial charge in [0.25, 0.3) is 5.91 Å². The predicted molar refractivity (Wildman–Crippen MR) is 95.6 cm³/mol. The van der Waals surface area contributed by atoms with Gasteiger partial charge in [-0.25, -0.2) is 4.98 Å². The van der Waals surface area contributed by atoms with E-state index in [1.807, 2.05) is 66.8 Å². The lowest BCUT2D eigenvalue weighted by atomic mass is 10.1. The third-order valence-corrected chi connectivity index (χ3v) is 4.51. The zero-order valence-electron chi connectivity index (χ0n) is 12.1. The molecule has 1 aromatic heterocycles. The molecule has 0 bridgehead atoms. The Morgan fingerprint density at radius 2 is 2.00 bits per heavy atom. The number of benzene rings is 2. The molecule has 0 fully saturated rings. The quantitative estimate of drug-likeness (QED) is 0.694. The Morgan fingerprint density at radius 1 is 1.13 bits per heavy atom. The number of anilines is 1. The molecule has 3 nitrogen and oxygen atoms in total. The molecule has 1 aliphatic rings. The van der Waals surface area contributed by atoms with Gasteiger partial charge in [0.15, 0.2) is 5.13 Å². The number of nitrogens with one attached hydrogen (secondary N) is 1. The van der Waals surface area contributed by atoms with Crippen molar-refractivity contribution in [3.63, 3.8) is 0 Å². The number of nitrogens with zero attached hydrogens (tertiary/aromatic N) is 1. The standard InChI is InChI=1S/C19H12N2OS/c22-18(15-11-10-13-6-4-5-7-14(13)12-15)21-19-20-16-8-2-1-3-9-17(16)23-19/h1-2,4-12H,(H,20,21,22). The van der Waals surface area contributed by atoms with E-state index in [1.54, 1.807) is 0 Å². The summed E-state index contributed by atoms with van der Waals surface area (Å²) in [5.41, 5.74) is 4.52. The summed E-state index contributed by atoms with van der Waals surface area (Å²) in [6.07, 6.45) is 7.51. The molecule has 3 aromatic rings. The van der Waals surface area contributed by atoms with Crippen LogP contribution in [0.5, 0.6) is 0 Å². The van der Waals surface area contributed by atoms with Crippen LogP contribution in [-0.2, 0) is 0 Å². The van der Waals surface area contributed by atoms with Crippen LogP contribution in [0.15, 0.2) is 60.3 Å². The summed E-state index contributed by atoms with van der Waals surface area (Å²) in [4.78, 5) is 17.9. The predicted octanol–water partition coefficient (Wildman–Crippen LogP) is 4.74. The van der Waals surface area contributed by atoms with E-state index in [9.17, 15) is 4.79 Å². The van der Waals surface area contributed by atoms with Crippen LogP contribution in [0.25, 0.3) is 22.9 Å². The second-order valence-corrected chi connectivity index (χ2v) is 6.15.